The van der Waals surface area contributed by atoms with Crippen LogP contribution in [0.5, 0.6) is 5.75 Å². The Bertz CT molecular complexity index is 792. The molecule has 0 aromatic heterocycles. The lowest BCUT2D eigenvalue weighted by Crippen LogP contribution is -2.32. The highest BCUT2D eigenvalue weighted by atomic mass is 33.1. The van der Waals surface area contributed by atoms with Crippen molar-refractivity contribution >= 4 is 39.4 Å². The van der Waals surface area contributed by atoms with E-state index in [0.717, 1.165) is 24.8 Å². The van der Waals surface area contributed by atoms with E-state index in [1.807, 2.05) is 12.1 Å². The normalized spacial score (nSPS) is 13.5. The van der Waals surface area contributed by atoms with Crippen LogP contribution in [-0.4, -0.2) is 65.4 Å². The highest BCUT2D eigenvalue weighted by Crippen LogP contribution is 2.32. The standard InChI is InChI=1S/C16H22N2O4S2.C2HF3O2/c1-22-13-6-5-10-3-2-4-11(10)14(13)15(19)18-7-8-23-24-9-12(17)16(20)21;3-2(4,5)1(6)7/h5-6,12H,2-4,7-9,17H2,1H3,(H,18,19)(H,20,21);(H,6,7)/t12-;/m0./s1. The van der Waals surface area contributed by atoms with Crippen LogP contribution in [0.1, 0.15) is 27.9 Å². The first-order valence-electron chi connectivity index (χ1n) is 8.98. The lowest BCUT2D eigenvalue weighted by Gasteiger charge is -2.13. The van der Waals surface area contributed by atoms with Crippen molar-refractivity contribution in [2.75, 3.05) is 25.2 Å². The van der Waals surface area contributed by atoms with Crippen LogP contribution in [0, 0.1) is 0 Å². The molecule has 8 nitrogen and oxygen atoms in total. The maximum Gasteiger partial charge on any atom is 0.490 e. The van der Waals surface area contributed by atoms with Crippen molar-refractivity contribution in [3.05, 3.63) is 28.8 Å². The number of aryl methyl sites for hydroxylation is 1. The molecule has 1 aromatic carbocycles. The molecule has 0 saturated carbocycles. The number of methoxy groups -OCH3 is 1. The topological polar surface area (TPSA) is 139 Å². The number of fused-ring (bicyclic) bond motifs is 1. The van der Waals surface area contributed by atoms with Gasteiger partial charge in [-0.15, -0.1) is 0 Å². The van der Waals surface area contributed by atoms with Crippen LogP contribution in [0.4, 0.5) is 13.2 Å². The zero-order valence-electron chi connectivity index (χ0n) is 16.5. The van der Waals surface area contributed by atoms with Crippen molar-refractivity contribution in [2.45, 2.75) is 31.5 Å². The summed E-state index contributed by atoms with van der Waals surface area (Å²) >= 11 is 0. The Morgan fingerprint density at radius 2 is 1.87 bits per heavy atom. The van der Waals surface area contributed by atoms with Crippen LogP contribution in [0.25, 0.3) is 0 Å². The molecule has 1 aromatic rings. The summed E-state index contributed by atoms with van der Waals surface area (Å²) in [4.78, 5) is 32.0. The third-order valence-corrected chi connectivity index (χ3v) is 6.49. The molecular weight excluding hydrogens is 461 g/mol. The van der Waals surface area contributed by atoms with Gasteiger partial charge in [0.2, 0.25) is 0 Å². The number of hydrogen-bond acceptors (Lipinski definition) is 7. The Morgan fingerprint density at radius 1 is 1.23 bits per heavy atom. The number of halogens is 3. The molecule has 1 amide bonds. The number of nitrogens with one attached hydrogen (secondary N) is 1. The summed E-state index contributed by atoms with van der Waals surface area (Å²) in [6, 6.07) is 3.04. The van der Waals surface area contributed by atoms with Crippen molar-refractivity contribution in [3.63, 3.8) is 0 Å². The van der Waals surface area contributed by atoms with Crippen LogP contribution < -0.4 is 15.8 Å². The monoisotopic (exact) mass is 484 g/mol. The molecular formula is C18H23F3N2O6S2. The summed E-state index contributed by atoms with van der Waals surface area (Å²) in [5.74, 6) is -2.23. The van der Waals surface area contributed by atoms with Crippen molar-refractivity contribution in [1.82, 2.24) is 5.32 Å². The molecule has 0 bridgehead atoms. The van der Waals surface area contributed by atoms with Gasteiger partial charge in [0.15, 0.2) is 0 Å². The van der Waals surface area contributed by atoms with E-state index in [2.05, 4.69) is 5.32 Å². The molecule has 5 N–H and O–H groups in total. The van der Waals surface area contributed by atoms with E-state index in [9.17, 15) is 22.8 Å². The Labute approximate surface area is 184 Å². The van der Waals surface area contributed by atoms with E-state index in [-0.39, 0.29) is 5.91 Å². The molecule has 174 valence electrons. The second-order valence-electron chi connectivity index (χ2n) is 6.24. The van der Waals surface area contributed by atoms with Gasteiger partial charge in [0.1, 0.15) is 11.8 Å². The Morgan fingerprint density at radius 3 is 2.42 bits per heavy atom. The Kier molecular flexibility index (Phi) is 11.0. The number of alkyl halides is 3. The average molecular weight is 485 g/mol. The first-order valence-corrected chi connectivity index (χ1v) is 11.5. The second kappa shape index (κ2) is 12.7. The zero-order chi connectivity index (χ0) is 23.6. The smallest absolute Gasteiger partial charge is 0.490 e. The SMILES string of the molecule is COc1ccc2c(c1C(=O)NCCSSC[C@H](N)C(=O)O)CCC2.O=C(O)C(F)(F)F. The molecule has 0 radical (unpaired) electrons. The lowest BCUT2D eigenvalue weighted by atomic mass is 10.0. The van der Waals surface area contributed by atoms with Gasteiger partial charge < -0.3 is 26.0 Å². The molecule has 0 fully saturated rings. The number of benzene rings is 1. The minimum atomic E-state index is -5.08. The summed E-state index contributed by atoms with van der Waals surface area (Å²) in [7, 11) is 4.47. The number of amides is 1. The van der Waals surface area contributed by atoms with Crippen LogP contribution >= 0.6 is 21.6 Å². The summed E-state index contributed by atoms with van der Waals surface area (Å²) in [6.07, 6.45) is -2.10. The highest BCUT2D eigenvalue weighted by molar-refractivity contribution is 8.76. The van der Waals surface area contributed by atoms with Gasteiger partial charge in [-0.3, -0.25) is 9.59 Å². The van der Waals surface area contributed by atoms with E-state index in [1.165, 1.54) is 27.2 Å². The van der Waals surface area contributed by atoms with Crippen molar-refractivity contribution < 1.29 is 42.5 Å². The minimum absolute atomic E-state index is 0.113. The largest absolute Gasteiger partial charge is 0.496 e. The summed E-state index contributed by atoms with van der Waals surface area (Å²) in [5, 5.41) is 18.7. The fourth-order valence-corrected chi connectivity index (χ4v) is 4.63. The molecule has 13 heteroatoms. The van der Waals surface area contributed by atoms with E-state index in [0.29, 0.717) is 29.4 Å². The molecule has 2 rings (SSSR count). The lowest BCUT2D eigenvalue weighted by molar-refractivity contribution is -0.192. The summed E-state index contributed by atoms with van der Waals surface area (Å²) in [6.45, 7) is 0.506. The number of nitrogens with two attached hydrogens (primary N) is 1. The first-order chi connectivity index (χ1) is 14.5. The second-order valence-corrected chi connectivity index (χ2v) is 8.87. The number of rotatable bonds is 9. The third-order valence-electron chi connectivity index (χ3n) is 4.05. The number of carbonyl (C=O) groups is 3. The highest BCUT2D eigenvalue weighted by Gasteiger charge is 2.38. The number of ether oxygens (including phenoxy) is 1. The third kappa shape index (κ3) is 8.87. The molecule has 0 aliphatic heterocycles. The number of hydrogen-bond donors (Lipinski definition) is 4. The number of aliphatic carboxylic acids is 2. The predicted molar refractivity (Wildman–Crippen MR) is 112 cm³/mol. The zero-order valence-corrected chi connectivity index (χ0v) is 18.2. The number of carboxylic acids is 2. The van der Waals surface area contributed by atoms with E-state index in [4.69, 9.17) is 25.5 Å². The van der Waals surface area contributed by atoms with Gasteiger partial charge in [0.25, 0.3) is 5.91 Å². The van der Waals surface area contributed by atoms with Gasteiger partial charge >= 0.3 is 18.1 Å². The molecule has 1 aliphatic carbocycles. The minimum Gasteiger partial charge on any atom is -0.496 e. The van der Waals surface area contributed by atoms with Crippen LogP contribution in [-0.2, 0) is 22.4 Å². The van der Waals surface area contributed by atoms with Gasteiger partial charge in [-0.1, -0.05) is 27.7 Å². The fourth-order valence-electron chi connectivity index (χ4n) is 2.61. The van der Waals surface area contributed by atoms with Crippen LogP contribution in [0.2, 0.25) is 0 Å². The molecule has 31 heavy (non-hydrogen) atoms. The number of carboxylic acid groups (broad SMARTS) is 2. The molecule has 1 aliphatic rings. The van der Waals surface area contributed by atoms with Gasteiger partial charge in [0.05, 0.1) is 12.7 Å². The molecule has 0 heterocycles. The van der Waals surface area contributed by atoms with Crippen LogP contribution in [0.3, 0.4) is 0 Å². The van der Waals surface area contributed by atoms with Crippen molar-refractivity contribution in [1.29, 1.82) is 0 Å². The predicted octanol–water partition coefficient (Wildman–Crippen LogP) is 2.34. The van der Waals surface area contributed by atoms with E-state index in [1.54, 1.807) is 7.11 Å². The average Bonchev–Trinajstić information content (AvgIpc) is 3.17. The van der Waals surface area contributed by atoms with Crippen molar-refractivity contribution in [3.8, 4) is 5.75 Å². The van der Waals surface area contributed by atoms with Crippen LogP contribution in [0.15, 0.2) is 12.1 Å². The van der Waals surface area contributed by atoms with E-state index >= 15 is 0 Å². The Balaban J connectivity index is 0.000000592. The molecule has 0 spiro atoms. The fraction of sp³-hybridized carbons (Fsp3) is 0.500. The maximum absolute atomic E-state index is 12.5. The van der Waals surface area contributed by atoms with E-state index < -0.39 is 24.2 Å². The number of carbonyl (C=O) groups excluding carboxylic acids is 1. The summed E-state index contributed by atoms with van der Waals surface area (Å²) in [5.41, 5.74) is 8.40. The molecule has 0 unspecified atom stereocenters. The first kappa shape index (κ1) is 26.9. The molecule has 1 atom stereocenters. The van der Waals surface area contributed by atoms with Gasteiger partial charge in [-0.2, -0.15) is 13.2 Å². The summed E-state index contributed by atoms with van der Waals surface area (Å²) < 4.78 is 37.1. The van der Waals surface area contributed by atoms with Gasteiger partial charge in [-0.25, -0.2) is 4.79 Å². The van der Waals surface area contributed by atoms with Gasteiger partial charge in [-0.05, 0) is 36.5 Å². The van der Waals surface area contributed by atoms with Gasteiger partial charge in [0, 0.05) is 18.1 Å². The van der Waals surface area contributed by atoms with Crippen molar-refractivity contribution in [2.24, 2.45) is 5.73 Å². The Hall–Kier alpha value is -2.12. The maximum atomic E-state index is 12.5. The quantitative estimate of drug-likeness (QED) is 0.307. The molecule has 0 saturated heterocycles.